The maximum atomic E-state index is 6.39. The molecule has 34 heavy (non-hydrogen) atoms. The molecule has 0 radical (unpaired) electrons. The Morgan fingerprint density at radius 1 is 1.06 bits per heavy atom. The smallest absolute Gasteiger partial charge is 0.141 e. The molecule has 2 aliphatic rings. The van der Waals surface area contributed by atoms with E-state index < -0.39 is 0 Å². The van der Waals surface area contributed by atoms with Crippen molar-refractivity contribution in [2.75, 3.05) is 32.2 Å². The van der Waals surface area contributed by atoms with Crippen molar-refractivity contribution in [2.45, 2.75) is 57.5 Å². The van der Waals surface area contributed by atoms with E-state index in [2.05, 4.69) is 35.5 Å². The number of halogens is 1. The first kappa shape index (κ1) is 23.3. The normalized spacial score (nSPS) is 20.1. The van der Waals surface area contributed by atoms with E-state index in [1.54, 1.807) is 20.3 Å². The third kappa shape index (κ3) is 4.71. The minimum atomic E-state index is 0.536. The fourth-order valence-electron chi connectivity index (χ4n) is 5.63. The number of pyridine rings is 1. The van der Waals surface area contributed by atoms with Crippen molar-refractivity contribution in [1.82, 2.24) is 14.7 Å². The number of nitrogens with one attached hydrogen (secondary N) is 1. The van der Waals surface area contributed by atoms with Gasteiger partial charge in [0.05, 0.1) is 24.9 Å². The zero-order valence-electron chi connectivity index (χ0n) is 20.4. The number of rotatable bonds is 7. The highest BCUT2D eigenvalue weighted by Gasteiger charge is 2.27. The lowest BCUT2D eigenvalue weighted by atomic mass is 9.84. The quantitative estimate of drug-likeness (QED) is 0.460. The summed E-state index contributed by atoms with van der Waals surface area (Å²) in [5, 5.41) is 4.48. The molecule has 1 aromatic carbocycles. The van der Waals surface area contributed by atoms with E-state index in [-0.39, 0.29) is 0 Å². The van der Waals surface area contributed by atoms with Crippen LogP contribution in [0.5, 0.6) is 11.5 Å². The SMILES string of the molecule is COc1cc(OC)c(-c2cn3ccc(N4CC[C@H](NC(C)C5CCCCC5)C4)cc3n2)cc1Cl. The summed E-state index contributed by atoms with van der Waals surface area (Å²) in [4.78, 5) is 7.37. The summed E-state index contributed by atoms with van der Waals surface area (Å²) in [6.45, 7) is 4.50. The minimum absolute atomic E-state index is 0.536. The van der Waals surface area contributed by atoms with Gasteiger partial charge in [-0.25, -0.2) is 4.98 Å². The van der Waals surface area contributed by atoms with Gasteiger partial charge >= 0.3 is 0 Å². The van der Waals surface area contributed by atoms with Crippen LogP contribution in [0.25, 0.3) is 16.9 Å². The van der Waals surface area contributed by atoms with Crippen LogP contribution in [0.15, 0.2) is 36.7 Å². The lowest BCUT2D eigenvalue weighted by Crippen LogP contribution is -2.43. The van der Waals surface area contributed by atoms with Gasteiger partial charge in [0.25, 0.3) is 0 Å². The molecule has 0 bridgehead atoms. The summed E-state index contributed by atoms with van der Waals surface area (Å²) in [7, 11) is 3.24. The Kier molecular flexibility index (Phi) is 6.89. The molecule has 2 aromatic heterocycles. The van der Waals surface area contributed by atoms with Crippen molar-refractivity contribution < 1.29 is 9.47 Å². The van der Waals surface area contributed by atoms with Crippen molar-refractivity contribution in [2.24, 2.45) is 5.92 Å². The van der Waals surface area contributed by atoms with Gasteiger partial charge in [-0.1, -0.05) is 30.9 Å². The Morgan fingerprint density at radius 2 is 1.85 bits per heavy atom. The standard InChI is InChI=1S/C27H35ClN4O2/c1-18(19-7-5-4-6-8-19)29-20-9-11-31(16-20)21-10-12-32-17-24(30-27(32)13-21)22-14-23(28)26(34-3)15-25(22)33-2/h10,12-15,17-20,29H,4-9,11,16H2,1-3H3/t18?,20-/m0/s1. The van der Waals surface area contributed by atoms with Crippen molar-refractivity contribution >= 4 is 22.9 Å². The molecule has 5 rings (SSSR count). The van der Waals surface area contributed by atoms with Gasteiger partial charge in [0.1, 0.15) is 17.1 Å². The van der Waals surface area contributed by atoms with Gasteiger partial charge in [-0.05, 0) is 44.2 Å². The summed E-state index contributed by atoms with van der Waals surface area (Å²) in [6, 6.07) is 9.17. The molecule has 1 N–H and O–H groups in total. The highest BCUT2D eigenvalue weighted by molar-refractivity contribution is 6.32. The molecule has 6 nitrogen and oxygen atoms in total. The van der Waals surface area contributed by atoms with E-state index in [9.17, 15) is 0 Å². The molecule has 7 heteroatoms. The molecule has 2 atom stereocenters. The molecule has 1 saturated carbocycles. The highest BCUT2D eigenvalue weighted by atomic mass is 35.5. The van der Waals surface area contributed by atoms with Crippen LogP contribution in [0.3, 0.4) is 0 Å². The van der Waals surface area contributed by atoms with Gasteiger partial charge in [-0.2, -0.15) is 0 Å². The predicted molar refractivity (Wildman–Crippen MR) is 139 cm³/mol. The van der Waals surface area contributed by atoms with Crippen LogP contribution in [-0.2, 0) is 0 Å². The van der Waals surface area contributed by atoms with Crippen molar-refractivity contribution in [3.8, 4) is 22.8 Å². The number of aromatic nitrogens is 2. The minimum Gasteiger partial charge on any atom is -0.496 e. The second kappa shape index (κ2) is 10.0. The number of anilines is 1. The molecular formula is C27H35ClN4O2. The Bertz CT molecular complexity index is 1140. The number of methoxy groups -OCH3 is 2. The maximum Gasteiger partial charge on any atom is 0.141 e. The van der Waals surface area contributed by atoms with Crippen LogP contribution in [0.1, 0.15) is 45.4 Å². The molecule has 3 aromatic rings. The molecular weight excluding hydrogens is 448 g/mol. The zero-order chi connectivity index (χ0) is 23.7. The van der Waals surface area contributed by atoms with Gasteiger partial charge in [0.15, 0.2) is 0 Å². The van der Waals surface area contributed by atoms with Crippen LogP contribution < -0.4 is 19.7 Å². The first-order chi connectivity index (χ1) is 16.6. The van der Waals surface area contributed by atoms with E-state index in [1.165, 1.54) is 44.2 Å². The van der Waals surface area contributed by atoms with Gasteiger partial charge in [-0.3, -0.25) is 0 Å². The lowest BCUT2D eigenvalue weighted by Gasteiger charge is -2.30. The second-order valence-electron chi connectivity index (χ2n) is 9.75. The molecule has 1 aliphatic heterocycles. The van der Waals surface area contributed by atoms with Crippen molar-refractivity contribution in [3.63, 3.8) is 0 Å². The van der Waals surface area contributed by atoms with E-state index in [0.717, 1.165) is 35.9 Å². The zero-order valence-corrected chi connectivity index (χ0v) is 21.1. The molecule has 0 amide bonds. The van der Waals surface area contributed by atoms with E-state index >= 15 is 0 Å². The fraction of sp³-hybridized carbons (Fsp3) is 0.519. The number of nitrogens with zero attached hydrogens (tertiary/aromatic N) is 3. The van der Waals surface area contributed by atoms with Gasteiger partial charge in [-0.15, -0.1) is 0 Å². The third-order valence-corrected chi connectivity index (χ3v) is 7.90. The average Bonchev–Trinajstić information content (AvgIpc) is 3.51. The van der Waals surface area contributed by atoms with Crippen LogP contribution >= 0.6 is 11.6 Å². The van der Waals surface area contributed by atoms with Crippen LogP contribution in [0.2, 0.25) is 5.02 Å². The fourth-order valence-corrected chi connectivity index (χ4v) is 5.87. The Balaban J connectivity index is 1.31. The van der Waals surface area contributed by atoms with Crippen LogP contribution in [0.4, 0.5) is 5.69 Å². The number of hydrogen-bond donors (Lipinski definition) is 1. The summed E-state index contributed by atoms with van der Waals surface area (Å²) >= 11 is 6.39. The summed E-state index contributed by atoms with van der Waals surface area (Å²) < 4.78 is 13.0. The molecule has 3 heterocycles. The van der Waals surface area contributed by atoms with Crippen molar-refractivity contribution in [3.05, 3.63) is 41.7 Å². The summed E-state index contributed by atoms with van der Waals surface area (Å²) in [5.74, 6) is 2.11. The first-order valence-electron chi connectivity index (χ1n) is 12.5. The lowest BCUT2D eigenvalue weighted by molar-refractivity contribution is 0.267. The topological polar surface area (TPSA) is 51.0 Å². The summed E-state index contributed by atoms with van der Waals surface area (Å²) in [5.41, 5.74) is 3.80. The number of ether oxygens (including phenoxy) is 2. The van der Waals surface area contributed by atoms with Gasteiger partial charge < -0.3 is 24.1 Å². The van der Waals surface area contributed by atoms with Crippen molar-refractivity contribution in [1.29, 1.82) is 0 Å². The van der Waals surface area contributed by atoms with Gasteiger partial charge in [0, 0.05) is 61.0 Å². The predicted octanol–water partition coefficient (Wildman–Crippen LogP) is 5.81. The molecule has 0 spiro atoms. The molecule has 1 aliphatic carbocycles. The van der Waals surface area contributed by atoms with Gasteiger partial charge in [0.2, 0.25) is 0 Å². The molecule has 1 unspecified atom stereocenters. The summed E-state index contributed by atoms with van der Waals surface area (Å²) in [6.07, 6.45) is 12.3. The monoisotopic (exact) mass is 482 g/mol. The number of hydrogen-bond acceptors (Lipinski definition) is 5. The number of imidazole rings is 1. The Hall–Kier alpha value is -2.44. The van der Waals surface area contributed by atoms with Crippen LogP contribution in [0, 0.1) is 5.92 Å². The largest absolute Gasteiger partial charge is 0.496 e. The number of fused-ring (bicyclic) bond motifs is 1. The third-order valence-electron chi connectivity index (χ3n) is 7.60. The second-order valence-corrected chi connectivity index (χ2v) is 10.2. The molecule has 1 saturated heterocycles. The Morgan fingerprint density at radius 3 is 2.62 bits per heavy atom. The molecule has 182 valence electrons. The van der Waals surface area contributed by atoms with Crippen LogP contribution in [-0.4, -0.2) is 48.8 Å². The van der Waals surface area contributed by atoms with E-state index in [0.29, 0.717) is 28.6 Å². The van der Waals surface area contributed by atoms with E-state index in [1.807, 2.05) is 16.7 Å². The van der Waals surface area contributed by atoms with E-state index in [4.69, 9.17) is 26.1 Å². The Labute approximate surface area is 207 Å². The first-order valence-corrected chi connectivity index (χ1v) is 12.8. The highest BCUT2D eigenvalue weighted by Crippen LogP contribution is 2.38. The average molecular weight is 483 g/mol. The number of benzene rings is 1. The molecule has 2 fully saturated rings. The maximum absolute atomic E-state index is 6.39.